The van der Waals surface area contributed by atoms with Crippen LogP contribution in [0.15, 0.2) is 82.4 Å². The molecule has 1 fully saturated rings. The van der Waals surface area contributed by atoms with E-state index in [2.05, 4.69) is 20.4 Å². The molecule has 1 saturated heterocycles. The average Bonchev–Trinajstić information content (AvgIpc) is 3.49. The lowest BCUT2D eigenvalue weighted by atomic mass is 10.1. The Morgan fingerprint density at radius 3 is 2.51 bits per heavy atom. The molecule has 12 nitrogen and oxygen atoms in total. The van der Waals surface area contributed by atoms with E-state index in [0.29, 0.717) is 43.2 Å². The van der Waals surface area contributed by atoms with Gasteiger partial charge in [0.15, 0.2) is 0 Å². The van der Waals surface area contributed by atoms with Gasteiger partial charge in [-0.05, 0) is 48.5 Å². The first-order valence-corrected chi connectivity index (χ1v) is 13.7. The number of nitro groups is 1. The van der Waals surface area contributed by atoms with Crippen molar-refractivity contribution in [3.8, 4) is 17.2 Å². The number of nitrogens with zero attached hydrogens (tertiary/aromatic N) is 5. The van der Waals surface area contributed by atoms with E-state index in [9.17, 15) is 19.7 Å². The molecule has 0 aliphatic carbocycles. The Morgan fingerprint density at radius 2 is 1.78 bits per heavy atom. The van der Waals surface area contributed by atoms with Crippen LogP contribution in [-0.4, -0.2) is 70.9 Å². The SMILES string of the molecule is COc1cccc(C(=O)N2CCN(c3ccc(NC(=O)CSc4nnc(-c5ccccc5[N+](=O)[O-])o4)cc3)CC2)c1. The largest absolute Gasteiger partial charge is 0.497 e. The van der Waals surface area contributed by atoms with Gasteiger partial charge in [-0.3, -0.25) is 19.7 Å². The predicted molar refractivity (Wildman–Crippen MR) is 153 cm³/mol. The molecule has 0 unspecified atom stereocenters. The maximum atomic E-state index is 12.9. The van der Waals surface area contributed by atoms with Crippen LogP contribution in [0.5, 0.6) is 5.75 Å². The summed E-state index contributed by atoms with van der Waals surface area (Å²) in [4.78, 5) is 40.1. The summed E-state index contributed by atoms with van der Waals surface area (Å²) in [5.41, 5.74) is 2.32. The summed E-state index contributed by atoms with van der Waals surface area (Å²) in [5.74, 6) is 0.404. The van der Waals surface area contributed by atoms with Gasteiger partial charge in [-0.15, -0.1) is 10.2 Å². The van der Waals surface area contributed by atoms with Gasteiger partial charge in [0.2, 0.25) is 5.91 Å². The summed E-state index contributed by atoms with van der Waals surface area (Å²) in [6.07, 6.45) is 0. The van der Waals surface area contributed by atoms with E-state index < -0.39 is 4.92 Å². The van der Waals surface area contributed by atoms with Gasteiger partial charge >= 0.3 is 0 Å². The number of ether oxygens (including phenoxy) is 1. The average molecular weight is 575 g/mol. The lowest BCUT2D eigenvalue weighted by molar-refractivity contribution is -0.384. The number of carbonyl (C=O) groups is 2. The predicted octanol–water partition coefficient (Wildman–Crippen LogP) is 4.35. The van der Waals surface area contributed by atoms with Crippen LogP contribution in [0.2, 0.25) is 0 Å². The van der Waals surface area contributed by atoms with E-state index in [1.54, 1.807) is 31.4 Å². The topological polar surface area (TPSA) is 144 Å². The maximum absolute atomic E-state index is 12.9. The maximum Gasteiger partial charge on any atom is 0.282 e. The first-order valence-electron chi connectivity index (χ1n) is 12.7. The number of hydrogen-bond acceptors (Lipinski definition) is 10. The number of hydrogen-bond donors (Lipinski definition) is 1. The molecule has 41 heavy (non-hydrogen) atoms. The van der Waals surface area contributed by atoms with Crippen LogP contribution in [0, 0.1) is 10.1 Å². The molecule has 13 heteroatoms. The fourth-order valence-corrected chi connectivity index (χ4v) is 4.94. The number of piperazine rings is 1. The zero-order chi connectivity index (χ0) is 28.8. The number of methoxy groups -OCH3 is 1. The van der Waals surface area contributed by atoms with Gasteiger partial charge in [0.05, 0.1) is 17.8 Å². The van der Waals surface area contributed by atoms with Gasteiger partial charge in [0, 0.05) is 49.2 Å². The highest BCUT2D eigenvalue weighted by molar-refractivity contribution is 7.99. The van der Waals surface area contributed by atoms with Gasteiger partial charge in [0.25, 0.3) is 22.7 Å². The molecule has 3 aromatic carbocycles. The van der Waals surface area contributed by atoms with Crippen molar-refractivity contribution in [1.82, 2.24) is 15.1 Å². The summed E-state index contributed by atoms with van der Waals surface area (Å²) in [5, 5.41) is 22.0. The summed E-state index contributed by atoms with van der Waals surface area (Å²) < 4.78 is 10.7. The minimum absolute atomic E-state index is 0.0151. The number of rotatable bonds is 9. The number of benzene rings is 3. The highest BCUT2D eigenvalue weighted by atomic mass is 32.2. The molecule has 4 aromatic rings. The summed E-state index contributed by atoms with van der Waals surface area (Å²) in [6, 6.07) is 20.7. The molecule has 1 aromatic heterocycles. The molecule has 1 N–H and O–H groups in total. The van der Waals surface area contributed by atoms with Crippen LogP contribution < -0.4 is 15.0 Å². The Balaban J connectivity index is 1.10. The Morgan fingerprint density at radius 1 is 1.02 bits per heavy atom. The van der Waals surface area contributed by atoms with E-state index in [-0.39, 0.29) is 39.9 Å². The first-order chi connectivity index (χ1) is 19.9. The molecule has 0 atom stereocenters. The van der Waals surface area contributed by atoms with Gasteiger partial charge in [-0.2, -0.15) is 0 Å². The van der Waals surface area contributed by atoms with E-state index >= 15 is 0 Å². The summed E-state index contributed by atoms with van der Waals surface area (Å²) in [6.45, 7) is 2.58. The second-order valence-electron chi connectivity index (χ2n) is 9.04. The summed E-state index contributed by atoms with van der Waals surface area (Å²) in [7, 11) is 1.58. The van der Waals surface area contributed by atoms with Crippen LogP contribution >= 0.6 is 11.8 Å². The molecule has 1 aliphatic rings. The molecular weight excluding hydrogens is 548 g/mol. The van der Waals surface area contributed by atoms with Crippen molar-refractivity contribution in [1.29, 1.82) is 0 Å². The Labute approximate surface area is 239 Å². The van der Waals surface area contributed by atoms with E-state index in [0.717, 1.165) is 17.4 Å². The van der Waals surface area contributed by atoms with Crippen LogP contribution in [0.3, 0.4) is 0 Å². The smallest absolute Gasteiger partial charge is 0.282 e. The number of amides is 2. The number of nitro benzene ring substituents is 1. The molecule has 210 valence electrons. The van der Waals surface area contributed by atoms with Gasteiger partial charge < -0.3 is 24.3 Å². The van der Waals surface area contributed by atoms with Gasteiger partial charge in [-0.25, -0.2) is 0 Å². The standard InChI is InChI=1S/C28H26N6O6S/c1-39-22-6-4-5-19(17-22)27(36)33-15-13-32(14-16-33)21-11-9-20(10-12-21)29-25(35)18-41-28-31-30-26(40-28)23-7-2-3-8-24(23)34(37)38/h2-12,17H,13-16,18H2,1H3,(H,29,35). The third kappa shape index (κ3) is 6.64. The monoisotopic (exact) mass is 574 g/mol. The number of para-hydroxylation sites is 1. The number of aromatic nitrogens is 2. The van der Waals surface area contributed by atoms with Crippen LogP contribution in [0.4, 0.5) is 17.1 Å². The summed E-state index contributed by atoms with van der Waals surface area (Å²) >= 11 is 1.04. The van der Waals surface area contributed by atoms with Crippen molar-refractivity contribution in [3.05, 3.63) is 88.5 Å². The highest BCUT2D eigenvalue weighted by Gasteiger charge is 2.23. The minimum Gasteiger partial charge on any atom is -0.497 e. The van der Waals surface area contributed by atoms with Crippen LogP contribution in [0.25, 0.3) is 11.5 Å². The van der Waals surface area contributed by atoms with Crippen molar-refractivity contribution < 1.29 is 23.7 Å². The molecule has 1 aliphatic heterocycles. The molecule has 5 rings (SSSR count). The molecule has 0 spiro atoms. The van der Waals surface area contributed by atoms with Crippen molar-refractivity contribution >= 4 is 40.6 Å². The Hall–Kier alpha value is -4.91. The second-order valence-corrected chi connectivity index (χ2v) is 9.97. The molecule has 0 bridgehead atoms. The number of carbonyl (C=O) groups excluding carboxylic acids is 2. The van der Waals surface area contributed by atoms with Gasteiger partial charge in [-0.1, -0.05) is 30.0 Å². The number of thioether (sulfide) groups is 1. The third-order valence-corrected chi connectivity index (χ3v) is 7.28. The lowest BCUT2D eigenvalue weighted by Gasteiger charge is -2.36. The van der Waals surface area contributed by atoms with Crippen LogP contribution in [0.1, 0.15) is 10.4 Å². The van der Waals surface area contributed by atoms with Crippen LogP contribution in [-0.2, 0) is 4.79 Å². The van der Waals surface area contributed by atoms with Gasteiger partial charge in [0.1, 0.15) is 11.3 Å². The second kappa shape index (κ2) is 12.5. The van der Waals surface area contributed by atoms with Crippen molar-refractivity contribution in [2.24, 2.45) is 0 Å². The molecule has 2 amide bonds. The molecule has 0 radical (unpaired) electrons. The zero-order valence-electron chi connectivity index (χ0n) is 22.1. The van der Waals surface area contributed by atoms with Crippen molar-refractivity contribution in [3.63, 3.8) is 0 Å². The minimum atomic E-state index is -0.518. The van der Waals surface area contributed by atoms with E-state index in [4.69, 9.17) is 9.15 Å². The number of anilines is 2. The normalized spacial score (nSPS) is 13.1. The van der Waals surface area contributed by atoms with E-state index in [1.165, 1.54) is 12.1 Å². The Bertz CT molecular complexity index is 1550. The highest BCUT2D eigenvalue weighted by Crippen LogP contribution is 2.30. The van der Waals surface area contributed by atoms with Crippen molar-refractivity contribution in [2.75, 3.05) is 49.3 Å². The third-order valence-electron chi connectivity index (χ3n) is 6.46. The molecule has 2 heterocycles. The number of nitrogens with one attached hydrogen (secondary N) is 1. The lowest BCUT2D eigenvalue weighted by Crippen LogP contribution is -2.48. The van der Waals surface area contributed by atoms with E-state index in [1.807, 2.05) is 41.3 Å². The first kappa shape index (κ1) is 27.6. The Kier molecular flexibility index (Phi) is 8.44. The fraction of sp³-hybridized carbons (Fsp3) is 0.214. The molecule has 0 saturated carbocycles. The van der Waals surface area contributed by atoms with Crippen molar-refractivity contribution in [2.45, 2.75) is 5.22 Å². The zero-order valence-corrected chi connectivity index (χ0v) is 22.9. The molecular formula is C28H26N6O6S. The fourth-order valence-electron chi connectivity index (χ4n) is 4.38. The quantitative estimate of drug-likeness (QED) is 0.174.